The number of aliphatic imine (C=N–C) groups is 1. The number of nitrogens with two attached hydrogens (primary N) is 2. The summed E-state index contributed by atoms with van der Waals surface area (Å²) in [5.74, 6) is 0.0424. The molecule has 0 aliphatic rings. The molecule has 1 aromatic heterocycles. The van der Waals surface area contributed by atoms with Gasteiger partial charge in [0.05, 0.1) is 10.2 Å². The first-order chi connectivity index (χ1) is 6.65. The van der Waals surface area contributed by atoms with Gasteiger partial charge in [-0.15, -0.1) is 0 Å². The molecule has 0 bridgehead atoms. The molecule has 0 saturated carbocycles. The number of rotatable bonds is 1. The van der Waals surface area contributed by atoms with E-state index < -0.39 is 0 Å². The highest BCUT2D eigenvalue weighted by atomic mass is 32.1. The van der Waals surface area contributed by atoms with E-state index in [4.69, 9.17) is 11.5 Å². The van der Waals surface area contributed by atoms with E-state index in [9.17, 15) is 0 Å². The molecule has 0 radical (unpaired) electrons. The van der Waals surface area contributed by atoms with Crippen LogP contribution >= 0.6 is 11.3 Å². The summed E-state index contributed by atoms with van der Waals surface area (Å²) in [5, 5.41) is 0.602. The Labute approximate surface area is 85.3 Å². The van der Waals surface area contributed by atoms with Gasteiger partial charge in [0.2, 0.25) is 5.13 Å². The molecular weight excluding hydrogens is 196 g/mol. The van der Waals surface area contributed by atoms with Gasteiger partial charge in [-0.3, -0.25) is 0 Å². The van der Waals surface area contributed by atoms with Crippen molar-refractivity contribution in [3.8, 4) is 0 Å². The van der Waals surface area contributed by atoms with Gasteiger partial charge in [0.15, 0.2) is 5.96 Å². The van der Waals surface area contributed by atoms with Gasteiger partial charge < -0.3 is 11.5 Å². The highest BCUT2D eigenvalue weighted by molar-refractivity contribution is 7.22. The van der Waals surface area contributed by atoms with Gasteiger partial charge in [-0.05, 0) is 24.6 Å². The minimum Gasteiger partial charge on any atom is -0.370 e. The first-order valence-corrected chi connectivity index (χ1v) is 4.93. The van der Waals surface area contributed by atoms with Crippen LogP contribution in [0.1, 0.15) is 5.56 Å². The van der Waals surface area contributed by atoms with Crippen LogP contribution in [0.15, 0.2) is 23.2 Å². The Kier molecular flexibility index (Phi) is 2.09. The molecular formula is C9H10N4S. The summed E-state index contributed by atoms with van der Waals surface area (Å²) in [5.41, 5.74) is 12.7. The van der Waals surface area contributed by atoms with Crippen molar-refractivity contribution in [1.29, 1.82) is 0 Å². The molecule has 0 amide bonds. The number of nitrogens with zero attached hydrogens (tertiary/aromatic N) is 2. The average molecular weight is 206 g/mol. The van der Waals surface area contributed by atoms with E-state index >= 15 is 0 Å². The van der Waals surface area contributed by atoms with E-state index in [1.54, 1.807) is 0 Å². The molecule has 1 aromatic carbocycles. The van der Waals surface area contributed by atoms with E-state index in [1.807, 2.05) is 19.1 Å². The lowest BCUT2D eigenvalue weighted by Gasteiger charge is -1.88. The summed E-state index contributed by atoms with van der Waals surface area (Å²) in [6.07, 6.45) is 0. The fraction of sp³-hybridized carbons (Fsp3) is 0.111. The second-order valence-corrected chi connectivity index (χ2v) is 4.01. The SMILES string of the molecule is Cc1ccc2nc(N=C(N)N)sc2c1. The molecule has 0 aliphatic heterocycles. The van der Waals surface area contributed by atoms with Crippen LogP contribution in [0.25, 0.3) is 10.2 Å². The first kappa shape index (κ1) is 8.96. The molecule has 2 rings (SSSR count). The minimum atomic E-state index is 0.0424. The molecule has 72 valence electrons. The Balaban J connectivity index is 2.57. The molecule has 4 nitrogen and oxygen atoms in total. The van der Waals surface area contributed by atoms with E-state index in [1.165, 1.54) is 16.9 Å². The van der Waals surface area contributed by atoms with Crippen molar-refractivity contribution >= 4 is 32.6 Å². The minimum absolute atomic E-state index is 0.0424. The zero-order valence-corrected chi connectivity index (χ0v) is 8.51. The zero-order chi connectivity index (χ0) is 10.1. The lowest BCUT2D eigenvalue weighted by atomic mass is 10.2. The number of guanidine groups is 1. The monoisotopic (exact) mass is 206 g/mol. The standard InChI is InChI=1S/C9H10N4S/c1-5-2-3-6-7(4-5)14-9(12-6)13-8(10)11/h2-4H,1H3,(H4,10,11,12,13). The van der Waals surface area contributed by atoms with Crippen LogP contribution in [0, 0.1) is 6.92 Å². The Morgan fingerprint density at radius 1 is 1.43 bits per heavy atom. The van der Waals surface area contributed by atoms with Gasteiger partial charge >= 0.3 is 0 Å². The van der Waals surface area contributed by atoms with Gasteiger partial charge in [0, 0.05) is 0 Å². The molecule has 0 spiro atoms. The van der Waals surface area contributed by atoms with Crippen LogP contribution < -0.4 is 11.5 Å². The number of benzene rings is 1. The van der Waals surface area contributed by atoms with Crippen molar-refractivity contribution in [2.45, 2.75) is 6.92 Å². The molecule has 14 heavy (non-hydrogen) atoms. The number of hydrogen-bond acceptors (Lipinski definition) is 3. The first-order valence-electron chi connectivity index (χ1n) is 4.12. The third-order valence-corrected chi connectivity index (χ3v) is 2.67. The third-order valence-electron chi connectivity index (χ3n) is 1.76. The summed E-state index contributed by atoms with van der Waals surface area (Å²) in [6, 6.07) is 6.05. The number of thiazole rings is 1. The fourth-order valence-corrected chi connectivity index (χ4v) is 2.13. The van der Waals surface area contributed by atoms with Gasteiger partial charge in [0.25, 0.3) is 0 Å². The van der Waals surface area contributed by atoms with Crippen LogP contribution in [0.5, 0.6) is 0 Å². The maximum absolute atomic E-state index is 5.27. The lowest BCUT2D eigenvalue weighted by Crippen LogP contribution is -2.21. The second kappa shape index (κ2) is 3.26. The van der Waals surface area contributed by atoms with E-state index in [0.717, 1.165) is 10.2 Å². The molecule has 0 unspecified atom stereocenters. The van der Waals surface area contributed by atoms with Crippen molar-refractivity contribution < 1.29 is 0 Å². The molecule has 1 heterocycles. The van der Waals surface area contributed by atoms with Crippen molar-refractivity contribution in [2.24, 2.45) is 16.5 Å². The average Bonchev–Trinajstić information content (AvgIpc) is 2.44. The summed E-state index contributed by atoms with van der Waals surface area (Å²) >= 11 is 1.48. The molecule has 0 saturated heterocycles. The van der Waals surface area contributed by atoms with Gasteiger partial charge in [0.1, 0.15) is 0 Å². The summed E-state index contributed by atoms with van der Waals surface area (Å²) in [4.78, 5) is 8.17. The quantitative estimate of drug-likeness (QED) is 0.548. The fourth-order valence-electron chi connectivity index (χ4n) is 1.18. The highest BCUT2D eigenvalue weighted by Crippen LogP contribution is 2.28. The van der Waals surface area contributed by atoms with Crippen molar-refractivity contribution in [3.05, 3.63) is 23.8 Å². The van der Waals surface area contributed by atoms with Gasteiger partial charge in [-0.1, -0.05) is 17.4 Å². The molecule has 0 atom stereocenters. The van der Waals surface area contributed by atoms with Crippen LogP contribution in [0.4, 0.5) is 5.13 Å². The Bertz CT molecular complexity index is 496. The Morgan fingerprint density at radius 2 is 2.21 bits per heavy atom. The number of hydrogen-bond donors (Lipinski definition) is 2. The molecule has 0 fully saturated rings. The van der Waals surface area contributed by atoms with Crippen LogP contribution in [0.2, 0.25) is 0 Å². The summed E-state index contributed by atoms with van der Waals surface area (Å²) < 4.78 is 1.10. The lowest BCUT2D eigenvalue weighted by molar-refractivity contribution is 1.36. The van der Waals surface area contributed by atoms with E-state index in [2.05, 4.69) is 16.0 Å². The number of fused-ring (bicyclic) bond motifs is 1. The third kappa shape index (κ3) is 1.67. The predicted molar refractivity (Wildman–Crippen MR) is 59.8 cm³/mol. The van der Waals surface area contributed by atoms with E-state index in [-0.39, 0.29) is 5.96 Å². The van der Waals surface area contributed by atoms with Crippen molar-refractivity contribution in [3.63, 3.8) is 0 Å². The predicted octanol–water partition coefficient (Wildman–Crippen LogP) is 1.51. The largest absolute Gasteiger partial charge is 0.370 e. The molecule has 5 heteroatoms. The molecule has 0 aliphatic carbocycles. The second-order valence-electron chi connectivity index (χ2n) is 3.00. The topological polar surface area (TPSA) is 77.3 Å². The molecule has 4 N–H and O–H groups in total. The van der Waals surface area contributed by atoms with Gasteiger partial charge in [-0.2, -0.15) is 4.99 Å². The van der Waals surface area contributed by atoms with Crippen LogP contribution in [-0.2, 0) is 0 Å². The Hall–Kier alpha value is -1.62. The summed E-state index contributed by atoms with van der Waals surface area (Å²) in [6.45, 7) is 2.04. The van der Waals surface area contributed by atoms with Crippen molar-refractivity contribution in [2.75, 3.05) is 0 Å². The highest BCUT2D eigenvalue weighted by Gasteiger charge is 2.02. The maximum atomic E-state index is 5.27. The Morgan fingerprint density at radius 3 is 2.93 bits per heavy atom. The molecule has 2 aromatic rings. The van der Waals surface area contributed by atoms with Crippen molar-refractivity contribution in [1.82, 2.24) is 4.98 Å². The van der Waals surface area contributed by atoms with Crippen LogP contribution in [0.3, 0.4) is 0 Å². The van der Waals surface area contributed by atoms with E-state index in [0.29, 0.717) is 5.13 Å². The summed E-state index contributed by atoms with van der Waals surface area (Å²) in [7, 11) is 0. The zero-order valence-electron chi connectivity index (χ0n) is 7.69. The smallest absolute Gasteiger partial charge is 0.213 e. The van der Waals surface area contributed by atoms with Gasteiger partial charge in [-0.25, -0.2) is 4.98 Å². The number of aryl methyl sites for hydroxylation is 1. The number of aromatic nitrogens is 1. The maximum Gasteiger partial charge on any atom is 0.213 e. The normalized spacial score (nSPS) is 10.4. The van der Waals surface area contributed by atoms with Crippen LogP contribution in [-0.4, -0.2) is 10.9 Å².